The van der Waals surface area contributed by atoms with E-state index in [1.165, 1.54) is 12.1 Å². The minimum Gasteiger partial charge on any atom is -0.330 e. The van der Waals surface area contributed by atoms with Crippen LogP contribution in [0.5, 0.6) is 0 Å². The van der Waals surface area contributed by atoms with Crippen LogP contribution in [0, 0.1) is 5.82 Å². The maximum Gasteiger partial charge on any atom is 0.225 e. The molecule has 1 aliphatic rings. The molecule has 0 atom stereocenters. The molecule has 0 spiro atoms. The van der Waals surface area contributed by atoms with Gasteiger partial charge < -0.3 is 15.6 Å². The summed E-state index contributed by atoms with van der Waals surface area (Å²) in [6.45, 7) is 1.07. The minimum atomic E-state index is -0.374. The summed E-state index contributed by atoms with van der Waals surface area (Å²) in [6.07, 6.45) is 4.34. The maximum atomic E-state index is 14.3. The Morgan fingerprint density at radius 1 is 1.30 bits per heavy atom. The van der Waals surface area contributed by atoms with E-state index in [2.05, 4.69) is 15.5 Å². The predicted octanol–water partition coefficient (Wildman–Crippen LogP) is 2.10. The second-order valence-electron chi connectivity index (χ2n) is 5.68. The van der Waals surface area contributed by atoms with Crippen molar-refractivity contribution in [1.82, 2.24) is 14.8 Å². The number of anilines is 1. The first kappa shape index (κ1) is 15.6. The third kappa shape index (κ3) is 3.39. The molecule has 6 nitrogen and oxygen atoms in total. The molecule has 2 heterocycles. The molecule has 1 aromatic carbocycles. The van der Waals surface area contributed by atoms with E-state index in [9.17, 15) is 9.18 Å². The number of hydrogen-bond acceptors (Lipinski definition) is 4. The fraction of sp³-hybridized carbons (Fsp3) is 0.438. The van der Waals surface area contributed by atoms with Gasteiger partial charge in [-0.3, -0.25) is 4.79 Å². The van der Waals surface area contributed by atoms with Gasteiger partial charge in [0.25, 0.3) is 0 Å². The van der Waals surface area contributed by atoms with Crippen molar-refractivity contribution in [2.45, 2.75) is 38.6 Å². The monoisotopic (exact) mass is 317 g/mol. The number of hydrogen-bond donors (Lipinski definition) is 2. The first-order chi connectivity index (χ1) is 11.2. The number of fused-ring (bicyclic) bond motifs is 1. The van der Waals surface area contributed by atoms with Crippen molar-refractivity contribution in [2.24, 2.45) is 5.73 Å². The molecule has 0 saturated carbocycles. The number of benzene rings is 1. The summed E-state index contributed by atoms with van der Waals surface area (Å²) < 4.78 is 16.3. The van der Waals surface area contributed by atoms with Crippen molar-refractivity contribution in [3.05, 3.63) is 29.8 Å². The van der Waals surface area contributed by atoms with Gasteiger partial charge in [0, 0.05) is 31.6 Å². The second kappa shape index (κ2) is 6.87. The zero-order valence-corrected chi connectivity index (χ0v) is 12.9. The Kier molecular flexibility index (Phi) is 4.66. The summed E-state index contributed by atoms with van der Waals surface area (Å²) in [7, 11) is 0. The topological polar surface area (TPSA) is 85.8 Å². The Hall–Kier alpha value is -2.28. The van der Waals surface area contributed by atoms with Gasteiger partial charge in [-0.1, -0.05) is 6.42 Å². The van der Waals surface area contributed by atoms with E-state index in [0.717, 1.165) is 38.1 Å². The molecule has 1 amide bonds. The number of amides is 1. The first-order valence-electron chi connectivity index (χ1n) is 7.91. The zero-order chi connectivity index (χ0) is 16.2. The molecule has 0 unspecified atom stereocenters. The molecule has 0 radical (unpaired) electrons. The number of rotatable bonds is 4. The lowest BCUT2D eigenvalue weighted by molar-refractivity contribution is -0.116. The average molecular weight is 317 g/mol. The number of nitrogens with zero attached hydrogens (tertiary/aromatic N) is 3. The van der Waals surface area contributed by atoms with Gasteiger partial charge in [0.05, 0.1) is 5.56 Å². The molecule has 0 fully saturated rings. The smallest absolute Gasteiger partial charge is 0.225 e. The molecule has 3 rings (SSSR count). The number of halogens is 1. The first-order valence-corrected chi connectivity index (χ1v) is 7.91. The van der Waals surface area contributed by atoms with Crippen LogP contribution < -0.4 is 11.1 Å². The highest BCUT2D eigenvalue weighted by Crippen LogP contribution is 2.27. The molecule has 1 aliphatic heterocycles. The summed E-state index contributed by atoms with van der Waals surface area (Å²) in [5, 5.41) is 11.1. The van der Waals surface area contributed by atoms with Crippen LogP contribution in [0.3, 0.4) is 0 Å². The van der Waals surface area contributed by atoms with Gasteiger partial charge >= 0.3 is 0 Å². The van der Waals surface area contributed by atoms with Crippen molar-refractivity contribution in [3.8, 4) is 11.4 Å². The number of carbonyl (C=O) groups is 1. The van der Waals surface area contributed by atoms with E-state index in [0.29, 0.717) is 17.1 Å². The molecule has 23 heavy (non-hydrogen) atoms. The molecule has 1 aromatic heterocycles. The van der Waals surface area contributed by atoms with Crippen LogP contribution in [-0.2, 0) is 17.8 Å². The third-order valence-electron chi connectivity index (χ3n) is 3.97. The van der Waals surface area contributed by atoms with Crippen molar-refractivity contribution in [3.63, 3.8) is 0 Å². The average Bonchev–Trinajstić information content (AvgIpc) is 2.78. The van der Waals surface area contributed by atoms with E-state index >= 15 is 0 Å². The van der Waals surface area contributed by atoms with Gasteiger partial charge in [0.2, 0.25) is 5.91 Å². The van der Waals surface area contributed by atoms with Crippen molar-refractivity contribution >= 4 is 11.6 Å². The summed E-state index contributed by atoms with van der Waals surface area (Å²) in [4.78, 5) is 11.7. The van der Waals surface area contributed by atoms with Gasteiger partial charge in [-0.05, 0) is 31.0 Å². The summed E-state index contributed by atoms with van der Waals surface area (Å²) in [5.41, 5.74) is 6.25. The van der Waals surface area contributed by atoms with Crippen LogP contribution in [-0.4, -0.2) is 27.2 Å². The molecule has 0 aliphatic carbocycles. The van der Waals surface area contributed by atoms with Crippen LogP contribution in [0.25, 0.3) is 11.4 Å². The van der Waals surface area contributed by atoms with Gasteiger partial charge in [-0.15, -0.1) is 10.2 Å². The Morgan fingerprint density at radius 3 is 3.00 bits per heavy atom. The minimum absolute atomic E-state index is 0.190. The lowest BCUT2D eigenvalue weighted by Gasteiger charge is -2.10. The van der Waals surface area contributed by atoms with Gasteiger partial charge in [-0.25, -0.2) is 4.39 Å². The highest BCUT2D eigenvalue weighted by atomic mass is 19.1. The molecule has 3 N–H and O–H groups in total. The normalized spacial score (nSPS) is 14.2. The molecule has 2 aromatic rings. The van der Waals surface area contributed by atoms with E-state index in [1.54, 1.807) is 6.07 Å². The van der Waals surface area contributed by atoms with Crippen LogP contribution >= 0.6 is 0 Å². The van der Waals surface area contributed by atoms with Gasteiger partial charge in [0.15, 0.2) is 5.82 Å². The number of aromatic nitrogens is 3. The van der Waals surface area contributed by atoms with E-state index in [4.69, 9.17) is 5.73 Å². The highest BCUT2D eigenvalue weighted by Gasteiger charge is 2.19. The number of nitrogens with two attached hydrogens (primary N) is 1. The molecule has 7 heteroatoms. The van der Waals surface area contributed by atoms with Crippen molar-refractivity contribution < 1.29 is 9.18 Å². The Morgan fingerprint density at radius 2 is 2.17 bits per heavy atom. The lowest BCUT2D eigenvalue weighted by atomic mass is 10.1. The largest absolute Gasteiger partial charge is 0.330 e. The second-order valence-corrected chi connectivity index (χ2v) is 5.68. The quantitative estimate of drug-likeness (QED) is 0.904. The number of nitrogens with one attached hydrogen (secondary N) is 1. The van der Waals surface area contributed by atoms with Crippen molar-refractivity contribution in [1.29, 1.82) is 0 Å². The molecular weight excluding hydrogens is 297 g/mol. The number of carbonyl (C=O) groups excluding carboxylic acids is 1. The zero-order valence-electron chi connectivity index (χ0n) is 12.9. The predicted molar refractivity (Wildman–Crippen MR) is 85.3 cm³/mol. The summed E-state index contributed by atoms with van der Waals surface area (Å²) in [5.74, 6) is 0.857. The summed E-state index contributed by atoms with van der Waals surface area (Å²) >= 11 is 0. The molecule has 0 bridgehead atoms. The Labute approximate surface area is 133 Å². The fourth-order valence-electron chi connectivity index (χ4n) is 2.81. The number of aryl methyl sites for hydroxylation is 1. The molecule has 0 saturated heterocycles. The van der Waals surface area contributed by atoms with Crippen LogP contribution in [0.15, 0.2) is 18.2 Å². The molecular formula is C16H20FN5O. The fourth-order valence-corrected chi connectivity index (χ4v) is 2.81. The highest BCUT2D eigenvalue weighted by molar-refractivity contribution is 5.91. The van der Waals surface area contributed by atoms with E-state index in [1.807, 2.05) is 4.57 Å². The lowest BCUT2D eigenvalue weighted by Crippen LogP contribution is -2.16. The van der Waals surface area contributed by atoms with Crippen LogP contribution in [0.4, 0.5) is 10.1 Å². The van der Waals surface area contributed by atoms with Gasteiger partial charge in [0.1, 0.15) is 11.6 Å². The standard InChI is InChI=1S/C16H20FN5O/c17-13-6-5-11(19-15(23)7-8-18)10-12(13)16-21-20-14-4-2-1-3-9-22(14)16/h5-6,10H,1-4,7-9,18H2,(H,19,23). The van der Waals surface area contributed by atoms with E-state index < -0.39 is 0 Å². The van der Waals surface area contributed by atoms with Gasteiger partial charge in [-0.2, -0.15) is 0 Å². The Balaban J connectivity index is 1.93. The van der Waals surface area contributed by atoms with Crippen LogP contribution in [0.2, 0.25) is 0 Å². The SMILES string of the molecule is NCCC(=O)Nc1ccc(F)c(-c2nnc3n2CCCCC3)c1. The summed E-state index contributed by atoms with van der Waals surface area (Å²) in [6, 6.07) is 4.48. The third-order valence-corrected chi connectivity index (χ3v) is 3.97. The molecule has 122 valence electrons. The van der Waals surface area contributed by atoms with E-state index in [-0.39, 0.29) is 24.7 Å². The van der Waals surface area contributed by atoms with Crippen LogP contribution in [0.1, 0.15) is 31.5 Å². The Bertz CT molecular complexity index is 712. The maximum absolute atomic E-state index is 14.3. The van der Waals surface area contributed by atoms with Crippen molar-refractivity contribution in [2.75, 3.05) is 11.9 Å².